The summed E-state index contributed by atoms with van der Waals surface area (Å²) in [7, 11) is 0. The number of amides is 2. The maximum atomic E-state index is 13.7. The van der Waals surface area contributed by atoms with Gasteiger partial charge in [0, 0.05) is 37.0 Å². The van der Waals surface area contributed by atoms with Gasteiger partial charge in [0.2, 0.25) is 5.43 Å². The molecule has 0 spiro atoms. The number of aromatic hydroxyl groups is 1. The lowest BCUT2D eigenvalue weighted by Crippen LogP contribution is -2.41. The van der Waals surface area contributed by atoms with E-state index in [0.717, 1.165) is 31.5 Å². The van der Waals surface area contributed by atoms with Crippen LogP contribution in [-0.4, -0.2) is 39.4 Å². The van der Waals surface area contributed by atoms with Crippen molar-refractivity contribution in [2.24, 2.45) is 11.8 Å². The fourth-order valence-corrected chi connectivity index (χ4v) is 4.37. The van der Waals surface area contributed by atoms with Gasteiger partial charge in [0.15, 0.2) is 11.4 Å². The van der Waals surface area contributed by atoms with Crippen LogP contribution in [0.25, 0.3) is 0 Å². The topological polar surface area (TPSA) is 103 Å². The number of nitrogens with zero attached hydrogens (tertiary/aromatic N) is 1. The number of nitrogens with one attached hydrogen (secondary N) is 2. The molecule has 0 radical (unpaired) electrons. The second kappa shape index (κ2) is 8.13. The normalized spacial score (nSPS) is 22.4. The highest BCUT2D eigenvalue weighted by molar-refractivity contribution is 5.98. The average molecular weight is 431 g/mol. The third-order valence-corrected chi connectivity index (χ3v) is 6.29. The van der Waals surface area contributed by atoms with Gasteiger partial charge in [0.05, 0.1) is 0 Å². The molecule has 9 heteroatoms. The molecule has 3 N–H and O–H groups in total. The molecule has 2 aliphatic rings. The van der Waals surface area contributed by atoms with Crippen molar-refractivity contribution < 1.29 is 23.5 Å². The highest BCUT2D eigenvalue weighted by Gasteiger charge is 2.46. The molecule has 2 fully saturated rings. The number of aromatic amines is 1. The third kappa shape index (κ3) is 4.04. The first-order chi connectivity index (χ1) is 14.8. The van der Waals surface area contributed by atoms with Crippen molar-refractivity contribution >= 4 is 11.8 Å². The summed E-state index contributed by atoms with van der Waals surface area (Å²) >= 11 is 0. The summed E-state index contributed by atoms with van der Waals surface area (Å²) in [5.74, 6) is -2.66. The molecule has 1 aliphatic carbocycles. The SMILES string of the molecule is CC1C2CC2CCCN1C(=O)c1[nH]cc(C(=O)NCc2ccc(F)cc2F)c(=O)c1O. The van der Waals surface area contributed by atoms with Gasteiger partial charge in [-0.25, -0.2) is 8.78 Å². The summed E-state index contributed by atoms with van der Waals surface area (Å²) in [6.07, 6.45) is 4.08. The summed E-state index contributed by atoms with van der Waals surface area (Å²) in [4.78, 5) is 42.1. The third-order valence-electron chi connectivity index (χ3n) is 6.29. The predicted octanol–water partition coefficient (Wildman–Crippen LogP) is 2.55. The number of rotatable bonds is 4. The summed E-state index contributed by atoms with van der Waals surface area (Å²) in [6.45, 7) is 2.24. The number of likely N-dealkylation sites (tertiary alicyclic amines) is 1. The predicted molar refractivity (Wildman–Crippen MR) is 108 cm³/mol. The molecule has 7 nitrogen and oxygen atoms in total. The highest BCUT2D eigenvalue weighted by atomic mass is 19.1. The van der Waals surface area contributed by atoms with Crippen molar-refractivity contribution in [3.05, 3.63) is 63.1 Å². The Hall–Kier alpha value is -3.23. The lowest BCUT2D eigenvalue weighted by molar-refractivity contribution is 0.0670. The van der Waals surface area contributed by atoms with E-state index in [1.807, 2.05) is 6.92 Å². The first-order valence-electron chi connectivity index (χ1n) is 10.3. The molecule has 2 amide bonds. The lowest BCUT2D eigenvalue weighted by Gasteiger charge is -2.28. The van der Waals surface area contributed by atoms with Gasteiger partial charge >= 0.3 is 0 Å². The van der Waals surface area contributed by atoms with Crippen molar-refractivity contribution in [1.82, 2.24) is 15.2 Å². The molecule has 1 saturated heterocycles. The van der Waals surface area contributed by atoms with E-state index in [4.69, 9.17) is 0 Å². The minimum atomic E-state index is -0.994. The van der Waals surface area contributed by atoms with Crippen LogP contribution in [0.5, 0.6) is 5.75 Å². The van der Waals surface area contributed by atoms with Crippen LogP contribution >= 0.6 is 0 Å². The largest absolute Gasteiger partial charge is 0.503 e. The van der Waals surface area contributed by atoms with Crippen LogP contribution in [0.3, 0.4) is 0 Å². The van der Waals surface area contributed by atoms with Crippen LogP contribution in [0.1, 0.15) is 52.6 Å². The number of pyridine rings is 1. The number of carbonyl (C=O) groups excluding carboxylic acids is 2. The van der Waals surface area contributed by atoms with Crippen molar-refractivity contribution in [3.63, 3.8) is 0 Å². The van der Waals surface area contributed by atoms with Crippen molar-refractivity contribution in [1.29, 1.82) is 0 Å². The Morgan fingerprint density at radius 2 is 2.10 bits per heavy atom. The van der Waals surface area contributed by atoms with E-state index in [-0.39, 0.29) is 23.8 Å². The van der Waals surface area contributed by atoms with Crippen LogP contribution in [0.2, 0.25) is 0 Å². The quantitative estimate of drug-likeness (QED) is 0.692. The zero-order chi connectivity index (χ0) is 22.3. The molecule has 31 heavy (non-hydrogen) atoms. The molecule has 1 saturated carbocycles. The Bertz CT molecular complexity index is 1100. The number of fused-ring (bicyclic) bond motifs is 1. The molecule has 3 unspecified atom stereocenters. The number of H-pyrrole nitrogens is 1. The molecule has 1 aromatic heterocycles. The van der Waals surface area contributed by atoms with Crippen molar-refractivity contribution in [2.45, 2.75) is 38.8 Å². The minimum Gasteiger partial charge on any atom is -0.503 e. The number of benzene rings is 1. The van der Waals surface area contributed by atoms with Crippen LogP contribution < -0.4 is 10.7 Å². The second-order valence-corrected chi connectivity index (χ2v) is 8.21. The van der Waals surface area contributed by atoms with Crippen LogP contribution in [-0.2, 0) is 6.54 Å². The zero-order valence-corrected chi connectivity index (χ0v) is 17.0. The van der Waals surface area contributed by atoms with Crippen LogP contribution in [0.15, 0.2) is 29.2 Å². The zero-order valence-electron chi connectivity index (χ0n) is 17.0. The first-order valence-corrected chi connectivity index (χ1v) is 10.3. The molecule has 4 rings (SSSR count). The Kier molecular flexibility index (Phi) is 5.51. The lowest BCUT2D eigenvalue weighted by atomic mass is 10.1. The average Bonchev–Trinajstić information content (AvgIpc) is 3.52. The fraction of sp³-hybridized carbons (Fsp3) is 0.409. The number of carbonyl (C=O) groups is 2. The molecular weight excluding hydrogens is 408 g/mol. The van der Waals surface area contributed by atoms with E-state index in [2.05, 4.69) is 10.3 Å². The van der Waals surface area contributed by atoms with E-state index >= 15 is 0 Å². The standard InChI is InChI=1S/C22H23F2N3O4/c1-11-15-7-12(15)3-2-6-27(11)22(31)18-20(29)19(28)16(10-25-18)21(30)26-9-13-4-5-14(23)8-17(13)24/h4-5,8,10-12,15,29H,2-3,6-7,9H2,1H3,(H,25,28)(H,26,30). The Morgan fingerprint density at radius 3 is 2.84 bits per heavy atom. The smallest absolute Gasteiger partial charge is 0.274 e. The maximum absolute atomic E-state index is 13.7. The van der Waals surface area contributed by atoms with Crippen LogP contribution in [0.4, 0.5) is 8.78 Å². The van der Waals surface area contributed by atoms with Gasteiger partial charge in [0.25, 0.3) is 11.8 Å². The van der Waals surface area contributed by atoms with Gasteiger partial charge < -0.3 is 20.3 Å². The molecule has 1 aromatic carbocycles. The minimum absolute atomic E-state index is 0.0106. The van der Waals surface area contributed by atoms with E-state index < -0.39 is 40.2 Å². The molecular formula is C22H23F2N3O4. The van der Waals surface area contributed by atoms with Crippen molar-refractivity contribution in [2.75, 3.05) is 6.54 Å². The van der Waals surface area contributed by atoms with E-state index in [0.29, 0.717) is 24.4 Å². The fourth-order valence-electron chi connectivity index (χ4n) is 4.37. The van der Waals surface area contributed by atoms with E-state index in [9.17, 15) is 28.3 Å². The van der Waals surface area contributed by atoms with Crippen LogP contribution in [0, 0.1) is 23.5 Å². The number of hydrogen-bond acceptors (Lipinski definition) is 4. The van der Waals surface area contributed by atoms with E-state index in [1.54, 1.807) is 4.90 Å². The Labute approximate surface area is 177 Å². The molecule has 2 heterocycles. The molecule has 0 bridgehead atoms. The summed E-state index contributed by atoms with van der Waals surface area (Å²) in [5, 5.41) is 12.7. The van der Waals surface area contributed by atoms with Gasteiger partial charge in [0.1, 0.15) is 17.2 Å². The second-order valence-electron chi connectivity index (χ2n) is 8.21. The van der Waals surface area contributed by atoms with Gasteiger partial charge in [-0.05, 0) is 44.1 Å². The summed E-state index contributed by atoms with van der Waals surface area (Å²) < 4.78 is 26.7. The number of halogens is 2. The summed E-state index contributed by atoms with van der Waals surface area (Å²) in [6, 6.07) is 2.93. The van der Waals surface area contributed by atoms with Gasteiger partial charge in [-0.15, -0.1) is 0 Å². The Balaban J connectivity index is 1.50. The highest BCUT2D eigenvalue weighted by Crippen LogP contribution is 2.48. The molecule has 3 atom stereocenters. The Morgan fingerprint density at radius 1 is 1.32 bits per heavy atom. The van der Waals surface area contributed by atoms with E-state index in [1.165, 1.54) is 6.07 Å². The van der Waals surface area contributed by atoms with Crippen molar-refractivity contribution in [3.8, 4) is 5.75 Å². The monoisotopic (exact) mass is 431 g/mol. The van der Waals surface area contributed by atoms with Gasteiger partial charge in [-0.1, -0.05) is 6.07 Å². The summed E-state index contributed by atoms with van der Waals surface area (Å²) in [5.41, 5.74) is -1.62. The molecule has 2 aromatic rings. The molecule has 1 aliphatic heterocycles. The number of hydrogen-bond donors (Lipinski definition) is 3. The maximum Gasteiger partial charge on any atom is 0.274 e. The van der Waals surface area contributed by atoms with Gasteiger partial charge in [-0.2, -0.15) is 0 Å². The number of aromatic nitrogens is 1. The first kappa shape index (κ1) is 21.0. The molecule has 164 valence electrons. The van der Waals surface area contributed by atoms with Gasteiger partial charge in [-0.3, -0.25) is 14.4 Å².